The predicted octanol–water partition coefficient (Wildman–Crippen LogP) is 2.01. The van der Waals surface area contributed by atoms with Gasteiger partial charge in [0.15, 0.2) is 0 Å². The Balaban J connectivity index is 2.19. The Morgan fingerprint density at radius 1 is 1.44 bits per heavy atom. The average molecular weight is 250 g/mol. The summed E-state index contributed by atoms with van der Waals surface area (Å²) in [7, 11) is 1.67. The Bertz CT molecular complexity index is 380. The molecule has 1 saturated carbocycles. The standard InChI is InChI=1S/C14H22N2O2/c1-3-18-14(10-7-8-10)13(16-15)11-5-4-6-12(9-11)17-2/h4-6,9-10,13-14,16H,3,7-8,15H2,1-2H3. The molecule has 2 atom stereocenters. The molecule has 1 aromatic rings. The second-order valence-corrected chi connectivity index (χ2v) is 4.68. The lowest BCUT2D eigenvalue weighted by molar-refractivity contribution is 0.0185. The average Bonchev–Trinajstić information content (AvgIpc) is 3.23. The molecule has 1 aromatic carbocycles. The minimum absolute atomic E-state index is 0.0209. The Hall–Kier alpha value is -1.10. The van der Waals surface area contributed by atoms with Gasteiger partial charge in [-0.25, -0.2) is 0 Å². The molecule has 0 radical (unpaired) electrons. The molecule has 2 unspecified atom stereocenters. The zero-order valence-electron chi connectivity index (χ0n) is 11.1. The fourth-order valence-corrected chi connectivity index (χ4v) is 2.34. The first-order chi connectivity index (χ1) is 8.80. The summed E-state index contributed by atoms with van der Waals surface area (Å²) in [5, 5.41) is 0. The largest absolute Gasteiger partial charge is 0.497 e. The fourth-order valence-electron chi connectivity index (χ4n) is 2.34. The lowest BCUT2D eigenvalue weighted by Gasteiger charge is -2.27. The molecule has 4 nitrogen and oxygen atoms in total. The molecular weight excluding hydrogens is 228 g/mol. The first-order valence-corrected chi connectivity index (χ1v) is 6.51. The predicted molar refractivity (Wildman–Crippen MR) is 71.2 cm³/mol. The summed E-state index contributed by atoms with van der Waals surface area (Å²) in [6.45, 7) is 2.73. The molecule has 1 aliphatic carbocycles. The van der Waals surface area contributed by atoms with Crippen LogP contribution in [0.15, 0.2) is 24.3 Å². The third kappa shape index (κ3) is 3.02. The molecule has 0 saturated heterocycles. The summed E-state index contributed by atoms with van der Waals surface area (Å²) >= 11 is 0. The van der Waals surface area contributed by atoms with E-state index in [1.54, 1.807) is 7.11 Å². The van der Waals surface area contributed by atoms with Gasteiger partial charge in [0.25, 0.3) is 0 Å². The van der Waals surface area contributed by atoms with Gasteiger partial charge in [0.05, 0.1) is 19.3 Å². The van der Waals surface area contributed by atoms with Gasteiger partial charge in [-0.1, -0.05) is 12.1 Å². The minimum Gasteiger partial charge on any atom is -0.497 e. The summed E-state index contributed by atoms with van der Waals surface area (Å²) in [5.41, 5.74) is 4.01. The highest BCUT2D eigenvalue weighted by molar-refractivity contribution is 5.31. The van der Waals surface area contributed by atoms with E-state index in [4.69, 9.17) is 15.3 Å². The van der Waals surface area contributed by atoms with Crippen LogP contribution in [0, 0.1) is 5.92 Å². The Labute approximate surface area is 108 Å². The molecule has 3 N–H and O–H groups in total. The third-order valence-electron chi connectivity index (χ3n) is 3.41. The van der Waals surface area contributed by atoms with Crippen molar-refractivity contribution in [3.63, 3.8) is 0 Å². The van der Waals surface area contributed by atoms with Gasteiger partial charge < -0.3 is 9.47 Å². The van der Waals surface area contributed by atoms with Crippen molar-refractivity contribution in [2.45, 2.75) is 31.9 Å². The molecule has 0 spiro atoms. The zero-order chi connectivity index (χ0) is 13.0. The quantitative estimate of drug-likeness (QED) is 0.574. The maximum atomic E-state index is 5.86. The third-order valence-corrected chi connectivity index (χ3v) is 3.41. The van der Waals surface area contributed by atoms with Gasteiger partial charge in [0, 0.05) is 6.61 Å². The first-order valence-electron chi connectivity index (χ1n) is 6.51. The van der Waals surface area contributed by atoms with Gasteiger partial charge >= 0.3 is 0 Å². The Morgan fingerprint density at radius 2 is 2.22 bits per heavy atom. The van der Waals surface area contributed by atoms with E-state index < -0.39 is 0 Å². The van der Waals surface area contributed by atoms with Crippen LogP contribution >= 0.6 is 0 Å². The Kier molecular flexibility index (Phi) is 4.58. The van der Waals surface area contributed by atoms with E-state index >= 15 is 0 Å². The minimum atomic E-state index is 0.0209. The number of hydrogen-bond donors (Lipinski definition) is 2. The molecule has 0 aromatic heterocycles. The highest BCUT2D eigenvalue weighted by Gasteiger charge is 2.37. The van der Waals surface area contributed by atoms with E-state index in [0.29, 0.717) is 12.5 Å². The van der Waals surface area contributed by atoms with E-state index in [-0.39, 0.29) is 12.1 Å². The summed E-state index contributed by atoms with van der Waals surface area (Å²) in [6.07, 6.45) is 2.60. The maximum absolute atomic E-state index is 5.86. The smallest absolute Gasteiger partial charge is 0.119 e. The molecule has 4 heteroatoms. The monoisotopic (exact) mass is 250 g/mol. The zero-order valence-corrected chi connectivity index (χ0v) is 11.1. The second kappa shape index (κ2) is 6.18. The summed E-state index contributed by atoms with van der Waals surface area (Å²) in [6, 6.07) is 8.01. The number of ether oxygens (including phenoxy) is 2. The van der Waals surface area contributed by atoms with Crippen LogP contribution in [-0.2, 0) is 4.74 Å². The van der Waals surface area contributed by atoms with Crippen molar-refractivity contribution in [1.29, 1.82) is 0 Å². The molecule has 18 heavy (non-hydrogen) atoms. The van der Waals surface area contributed by atoms with Crippen LogP contribution in [0.5, 0.6) is 5.75 Å². The summed E-state index contributed by atoms with van der Waals surface area (Å²) < 4.78 is 11.1. The topological polar surface area (TPSA) is 56.5 Å². The number of hydrogen-bond acceptors (Lipinski definition) is 4. The lowest BCUT2D eigenvalue weighted by Crippen LogP contribution is -2.39. The van der Waals surface area contributed by atoms with Crippen LogP contribution in [0.25, 0.3) is 0 Å². The maximum Gasteiger partial charge on any atom is 0.119 e. The fraction of sp³-hybridized carbons (Fsp3) is 0.571. The van der Waals surface area contributed by atoms with Gasteiger partial charge in [-0.05, 0) is 43.4 Å². The van der Waals surface area contributed by atoms with Gasteiger partial charge in [-0.2, -0.15) is 0 Å². The number of nitrogens with two attached hydrogens (primary N) is 1. The van der Waals surface area contributed by atoms with Gasteiger partial charge in [-0.15, -0.1) is 0 Å². The molecule has 0 amide bonds. The van der Waals surface area contributed by atoms with Crippen molar-refractivity contribution in [2.24, 2.45) is 11.8 Å². The molecule has 0 bridgehead atoms. The van der Waals surface area contributed by atoms with Crippen molar-refractivity contribution in [3.8, 4) is 5.75 Å². The molecule has 1 aliphatic rings. The van der Waals surface area contributed by atoms with Crippen LogP contribution in [-0.4, -0.2) is 19.8 Å². The van der Waals surface area contributed by atoms with E-state index in [1.165, 1.54) is 12.8 Å². The normalized spacial score (nSPS) is 18.4. The highest BCUT2D eigenvalue weighted by Crippen LogP contribution is 2.40. The molecule has 0 heterocycles. The number of hydrazine groups is 1. The number of methoxy groups -OCH3 is 1. The summed E-state index contributed by atoms with van der Waals surface area (Å²) in [4.78, 5) is 0. The molecule has 100 valence electrons. The van der Waals surface area contributed by atoms with Gasteiger partial charge in [-0.3, -0.25) is 11.3 Å². The highest BCUT2D eigenvalue weighted by atomic mass is 16.5. The van der Waals surface area contributed by atoms with Crippen LogP contribution in [0.2, 0.25) is 0 Å². The van der Waals surface area contributed by atoms with Crippen molar-refractivity contribution in [2.75, 3.05) is 13.7 Å². The molecule has 1 fully saturated rings. The second-order valence-electron chi connectivity index (χ2n) is 4.68. The molecular formula is C14H22N2O2. The molecule has 2 rings (SSSR count). The number of rotatable bonds is 7. The van der Waals surface area contributed by atoms with Gasteiger partial charge in [0.2, 0.25) is 0 Å². The lowest BCUT2D eigenvalue weighted by atomic mass is 9.98. The van der Waals surface area contributed by atoms with E-state index in [1.807, 2.05) is 25.1 Å². The molecule has 0 aliphatic heterocycles. The van der Waals surface area contributed by atoms with Crippen LogP contribution in [0.4, 0.5) is 0 Å². The van der Waals surface area contributed by atoms with Crippen molar-refractivity contribution < 1.29 is 9.47 Å². The van der Waals surface area contributed by atoms with Gasteiger partial charge in [0.1, 0.15) is 5.75 Å². The van der Waals surface area contributed by atoms with Crippen LogP contribution in [0.3, 0.4) is 0 Å². The van der Waals surface area contributed by atoms with E-state index in [9.17, 15) is 0 Å². The Morgan fingerprint density at radius 3 is 2.78 bits per heavy atom. The van der Waals surface area contributed by atoms with E-state index in [0.717, 1.165) is 11.3 Å². The number of nitrogens with one attached hydrogen (secondary N) is 1. The summed E-state index contributed by atoms with van der Waals surface area (Å²) in [5.74, 6) is 7.19. The van der Waals surface area contributed by atoms with Crippen molar-refractivity contribution in [1.82, 2.24) is 5.43 Å². The first kappa shape index (κ1) is 13.3. The van der Waals surface area contributed by atoms with Crippen molar-refractivity contribution >= 4 is 0 Å². The van der Waals surface area contributed by atoms with Crippen LogP contribution in [0.1, 0.15) is 31.4 Å². The van der Waals surface area contributed by atoms with E-state index in [2.05, 4.69) is 11.5 Å². The SMILES string of the molecule is CCOC(C1CC1)C(NN)c1cccc(OC)c1. The van der Waals surface area contributed by atoms with Crippen molar-refractivity contribution in [3.05, 3.63) is 29.8 Å². The number of benzene rings is 1. The van der Waals surface area contributed by atoms with Crippen LogP contribution < -0.4 is 16.0 Å².